The van der Waals surface area contributed by atoms with Gasteiger partial charge in [-0.05, 0) is 0 Å². The fourth-order valence-electron chi connectivity index (χ4n) is 2.26. The summed E-state index contributed by atoms with van der Waals surface area (Å²) in [4.78, 5) is 31.8. The largest absolute Gasteiger partial charge is 0.493 e. The molecule has 3 rings (SSSR count). The van der Waals surface area contributed by atoms with Crippen LogP contribution in [-0.4, -0.2) is 33.9 Å². The highest BCUT2D eigenvalue weighted by atomic mass is 32.1. The van der Waals surface area contributed by atoms with E-state index in [9.17, 15) is 9.59 Å². The van der Waals surface area contributed by atoms with Gasteiger partial charge in [0.2, 0.25) is 0 Å². The van der Waals surface area contributed by atoms with Gasteiger partial charge in [0.05, 0.1) is 17.7 Å². The van der Waals surface area contributed by atoms with Crippen LogP contribution in [-0.2, 0) is 4.79 Å². The molecule has 7 nitrogen and oxygen atoms in total. The van der Waals surface area contributed by atoms with Crippen LogP contribution in [0.25, 0.3) is 21.3 Å². The number of nitrogens with zero attached hydrogens (tertiary/aromatic N) is 2. The van der Waals surface area contributed by atoms with Crippen molar-refractivity contribution in [2.24, 2.45) is 5.92 Å². The Kier molecular flexibility index (Phi) is 3.77. The van der Waals surface area contributed by atoms with Gasteiger partial charge in [-0.2, -0.15) is 0 Å². The second-order valence-electron chi connectivity index (χ2n) is 5.22. The van der Waals surface area contributed by atoms with Gasteiger partial charge < -0.3 is 14.3 Å². The van der Waals surface area contributed by atoms with Gasteiger partial charge in [-0.15, -0.1) is 11.3 Å². The number of oxazole rings is 1. The van der Waals surface area contributed by atoms with Crippen molar-refractivity contribution in [2.45, 2.75) is 20.3 Å². The Hall–Kier alpha value is -2.48. The van der Waals surface area contributed by atoms with E-state index in [1.165, 1.54) is 25.4 Å². The number of carboxylic acid groups (broad SMARTS) is 1. The van der Waals surface area contributed by atoms with E-state index in [4.69, 9.17) is 14.3 Å². The van der Waals surface area contributed by atoms with Gasteiger partial charge in [-0.25, -0.2) is 9.97 Å². The number of aliphatic carboxylic acids is 1. The smallest absolute Gasteiger partial charge is 0.306 e. The average Bonchev–Trinajstić information content (AvgIpc) is 3.08. The van der Waals surface area contributed by atoms with Gasteiger partial charge >= 0.3 is 5.97 Å². The molecule has 1 aromatic carbocycles. The maximum absolute atomic E-state index is 12.2. The van der Waals surface area contributed by atoms with Crippen LogP contribution in [0.5, 0.6) is 5.75 Å². The van der Waals surface area contributed by atoms with E-state index in [1.807, 2.05) is 0 Å². The molecule has 2 aromatic heterocycles. The summed E-state index contributed by atoms with van der Waals surface area (Å²) in [5, 5.41) is 9.19. The molecule has 120 valence electrons. The van der Waals surface area contributed by atoms with E-state index in [-0.39, 0.29) is 17.2 Å². The number of fused-ring (bicyclic) bond motifs is 3. The summed E-state index contributed by atoms with van der Waals surface area (Å²) in [5.41, 5.74) is 1.59. The fraction of sp³-hybridized carbons (Fsp3) is 0.333. The van der Waals surface area contributed by atoms with Crippen LogP contribution >= 0.6 is 11.3 Å². The number of methoxy groups -OCH3 is 1. The summed E-state index contributed by atoms with van der Waals surface area (Å²) in [6, 6.07) is 1.75. The van der Waals surface area contributed by atoms with Gasteiger partial charge in [-0.1, -0.05) is 6.92 Å². The minimum absolute atomic E-state index is 0.0900. The van der Waals surface area contributed by atoms with Gasteiger partial charge in [-0.3, -0.25) is 9.59 Å². The quantitative estimate of drug-likeness (QED) is 0.715. The third-order valence-electron chi connectivity index (χ3n) is 3.47. The van der Waals surface area contributed by atoms with E-state index in [2.05, 4.69) is 9.97 Å². The molecule has 1 unspecified atom stereocenters. The van der Waals surface area contributed by atoms with Crippen molar-refractivity contribution >= 4 is 44.4 Å². The zero-order valence-corrected chi connectivity index (χ0v) is 13.6. The molecule has 0 aliphatic carbocycles. The highest BCUT2D eigenvalue weighted by Gasteiger charge is 2.22. The first-order valence-corrected chi connectivity index (χ1v) is 7.73. The number of ketones is 1. The molecule has 2 heterocycles. The lowest BCUT2D eigenvalue weighted by Crippen LogP contribution is -2.14. The number of aryl methyl sites for hydroxylation is 1. The monoisotopic (exact) mass is 334 g/mol. The van der Waals surface area contributed by atoms with Crippen LogP contribution in [0.2, 0.25) is 0 Å². The maximum atomic E-state index is 12.2. The van der Waals surface area contributed by atoms with E-state index in [0.29, 0.717) is 28.3 Å². The van der Waals surface area contributed by atoms with Gasteiger partial charge in [0.25, 0.3) is 0 Å². The Morgan fingerprint density at radius 1 is 1.39 bits per heavy atom. The molecular formula is C15H14N2O5S. The zero-order chi connectivity index (χ0) is 16.7. The van der Waals surface area contributed by atoms with E-state index >= 15 is 0 Å². The molecule has 8 heteroatoms. The van der Waals surface area contributed by atoms with E-state index in [1.54, 1.807) is 13.0 Å². The number of carbonyl (C=O) groups excluding carboxylic acids is 1. The van der Waals surface area contributed by atoms with Crippen molar-refractivity contribution in [3.05, 3.63) is 17.0 Å². The van der Waals surface area contributed by atoms with Gasteiger partial charge in [0.15, 0.2) is 28.0 Å². The van der Waals surface area contributed by atoms with Crippen molar-refractivity contribution < 1.29 is 23.8 Å². The minimum Gasteiger partial charge on any atom is -0.493 e. The Labute approximate surface area is 134 Å². The highest BCUT2D eigenvalue weighted by molar-refractivity contribution is 7.20. The number of Topliss-reactive ketones (excluding diaryl/α,β-unsaturated/α-hetero) is 1. The van der Waals surface area contributed by atoms with Crippen LogP contribution in [0, 0.1) is 12.8 Å². The summed E-state index contributed by atoms with van der Waals surface area (Å²) in [6.07, 6.45) is -0.0900. The van der Waals surface area contributed by atoms with Crippen molar-refractivity contribution in [1.82, 2.24) is 9.97 Å². The average molecular weight is 334 g/mol. The second-order valence-corrected chi connectivity index (χ2v) is 6.25. The molecular weight excluding hydrogens is 320 g/mol. The molecule has 0 aliphatic heterocycles. The van der Waals surface area contributed by atoms with Crippen LogP contribution < -0.4 is 4.74 Å². The molecule has 1 atom stereocenters. The Bertz CT molecular complexity index is 927. The van der Waals surface area contributed by atoms with Crippen molar-refractivity contribution in [3.63, 3.8) is 0 Å². The molecule has 0 spiro atoms. The first kappa shape index (κ1) is 15.4. The number of carboxylic acids is 1. The number of carbonyl (C=O) groups is 2. The second kappa shape index (κ2) is 5.62. The minimum atomic E-state index is -1.00. The maximum Gasteiger partial charge on any atom is 0.306 e. The lowest BCUT2D eigenvalue weighted by molar-refractivity contribution is -0.141. The molecule has 0 saturated heterocycles. The molecule has 0 bridgehead atoms. The van der Waals surface area contributed by atoms with Crippen LogP contribution in [0.15, 0.2) is 10.5 Å². The molecule has 0 amide bonds. The van der Waals surface area contributed by atoms with Gasteiger partial charge in [0, 0.05) is 19.4 Å². The van der Waals surface area contributed by atoms with Crippen molar-refractivity contribution in [2.75, 3.05) is 7.11 Å². The molecule has 0 fully saturated rings. The summed E-state index contributed by atoms with van der Waals surface area (Å²) in [7, 11) is 1.53. The zero-order valence-electron chi connectivity index (χ0n) is 12.7. The van der Waals surface area contributed by atoms with Crippen molar-refractivity contribution in [1.29, 1.82) is 0 Å². The Morgan fingerprint density at radius 3 is 2.78 bits per heavy atom. The Morgan fingerprint density at radius 2 is 2.13 bits per heavy atom. The van der Waals surface area contributed by atoms with Gasteiger partial charge in [0.1, 0.15) is 11.0 Å². The Balaban J connectivity index is 2.10. The predicted molar refractivity (Wildman–Crippen MR) is 84.2 cm³/mol. The number of hydrogen-bond donors (Lipinski definition) is 1. The standard InChI is InChI=1S/C15H14N2O5S/c1-6(15(19)20)4-8(18)14-17-11-10(23-14)5-9(21-3)13-12(11)16-7(2)22-13/h5-6H,4H2,1-3H3,(H,19,20). The first-order valence-electron chi connectivity index (χ1n) is 6.91. The lowest BCUT2D eigenvalue weighted by atomic mass is 10.1. The van der Waals surface area contributed by atoms with E-state index < -0.39 is 11.9 Å². The molecule has 0 saturated carbocycles. The molecule has 0 radical (unpaired) electrons. The normalized spacial score (nSPS) is 12.7. The number of aromatic nitrogens is 2. The topological polar surface area (TPSA) is 103 Å². The molecule has 3 aromatic rings. The summed E-state index contributed by atoms with van der Waals surface area (Å²) >= 11 is 1.20. The predicted octanol–water partition coefficient (Wildman–Crippen LogP) is 3.05. The SMILES string of the molecule is COc1cc2sc(C(=O)CC(C)C(=O)O)nc2c2nc(C)oc12. The molecule has 23 heavy (non-hydrogen) atoms. The van der Waals surface area contributed by atoms with Crippen molar-refractivity contribution in [3.8, 4) is 5.75 Å². The highest BCUT2D eigenvalue weighted by Crippen LogP contribution is 2.36. The molecule has 1 N–H and O–H groups in total. The third-order valence-corrected chi connectivity index (χ3v) is 4.51. The first-order chi connectivity index (χ1) is 10.9. The summed E-state index contributed by atoms with van der Waals surface area (Å²) < 4.78 is 11.6. The van der Waals surface area contributed by atoms with Crippen LogP contribution in [0.4, 0.5) is 0 Å². The van der Waals surface area contributed by atoms with Crippen LogP contribution in [0.3, 0.4) is 0 Å². The number of hydrogen-bond acceptors (Lipinski definition) is 7. The summed E-state index contributed by atoms with van der Waals surface area (Å²) in [6.45, 7) is 3.22. The third kappa shape index (κ3) is 2.65. The summed E-state index contributed by atoms with van der Waals surface area (Å²) in [5.74, 6) is -1.05. The number of rotatable bonds is 5. The number of thiazole rings is 1. The lowest BCUT2D eigenvalue weighted by Gasteiger charge is -2.01. The fourth-order valence-corrected chi connectivity index (χ4v) is 3.21. The molecule has 0 aliphatic rings. The number of benzene rings is 1. The van der Waals surface area contributed by atoms with E-state index in [0.717, 1.165) is 4.70 Å². The number of ether oxygens (including phenoxy) is 1. The van der Waals surface area contributed by atoms with Crippen LogP contribution in [0.1, 0.15) is 29.0 Å².